The first kappa shape index (κ1) is 10.7. The van der Waals surface area contributed by atoms with Gasteiger partial charge in [-0.05, 0) is 17.7 Å². The average molecular weight is 343 g/mol. The van der Waals surface area contributed by atoms with Crippen molar-refractivity contribution in [3.63, 3.8) is 0 Å². The summed E-state index contributed by atoms with van der Waals surface area (Å²) in [5.74, 6) is 0.880. The van der Waals surface area contributed by atoms with Gasteiger partial charge in [-0.25, -0.2) is 0 Å². The molecular formula is C9H12OPb. The second-order valence-electron chi connectivity index (χ2n) is 1.98. The van der Waals surface area contributed by atoms with Gasteiger partial charge >= 0.3 is 27.3 Å². The maximum absolute atomic E-state index is 4.98. The number of rotatable bonds is 2. The molecule has 0 N–H and O–H groups in total. The van der Waals surface area contributed by atoms with Crippen molar-refractivity contribution in [2.75, 3.05) is 7.11 Å². The third kappa shape index (κ3) is 3.05. The summed E-state index contributed by atoms with van der Waals surface area (Å²) in [7, 11) is 1.66. The topological polar surface area (TPSA) is 9.23 Å². The number of benzene rings is 1. The normalized spacial score (nSPS) is 8.09. The van der Waals surface area contributed by atoms with Crippen molar-refractivity contribution in [3.05, 3.63) is 36.4 Å². The summed E-state index contributed by atoms with van der Waals surface area (Å²) in [5, 5.41) is 0. The van der Waals surface area contributed by atoms with Crippen LogP contribution in [0.15, 0.2) is 30.8 Å². The Kier molecular flexibility index (Phi) is 5.19. The molecule has 2 heteroatoms. The molecule has 0 fully saturated rings. The Morgan fingerprint density at radius 1 is 1.27 bits per heavy atom. The Hall–Kier alpha value is -0.318. The summed E-state index contributed by atoms with van der Waals surface area (Å²) in [4.78, 5) is 0. The molecule has 1 aromatic carbocycles. The summed E-state index contributed by atoms with van der Waals surface area (Å²) < 4.78 is 4.98. The van der Waals surface area contributed by atoms with Gasteiger partial charge in [0.2, 0.25) is 0 Å². The molecule has 1 nitrogen and oxygen atoms in total. The van der Waals surface area contributed by atoms with Gasteiger partial charge in [0.25, 0.3) is 0 Å². The third-order valence-corrected chi connectivity index (χ3v) is 1.35. The van der Waals surface area contributed by atoms with Gasteiger partial charge in [0, 0.05) is 0 Å². The van der Waals surface area contributed by atoms with E-state index in [0.717, 1.165) is 11.3 Å². The summed E-state index contributed by atoms with van der Waals surface area (Å²) >= 11 is 0. The van der Waals surface area contributed by atoms with Crippen LogP contribution in [0, 0.1) is 0 Å². The van der Waals surface area contributed by atoms with E-state index in [0.29, 0.717) is 0 Å². The van der Waals surface area contributed by atoms with E-state index in [1.54, 1.807) is 13.2 Å². The summed E-state index contributed by atoms with van der Waals surface area (Å²) in [6, 6.07) is 7.76. The predicted octanol–water partition coefficient (Wildman–Crippen LogP) is 1.42. The first-order valence-corrected chi connectivity index (χ1v) is 3.13. The molecule has 11 heavy (non-hydrogen) atoms. The molecule has 0 saturated carbocycles. The zero-order valence-electron chi connectivity index (χ0n) is 6.71. The van der Waals surface area contributed by atoms with Crippen molar-refractivity contribution in [1.82, 2.24) is 0 Å². The fourth-order valence-corrected chi connectivity index (χ4v) is 0.740. The van der Waals surface area contributed by atoms with Crippen LogP contribution in [-0.4, -0.2) is 34.4 Å². The van der Waals surface area contributed by atoms with Gasteiger partial charge < -0.3 is 4.74 Å². The van der Waals surface area contributed by atoms with Crippen molar-refractivity contribution in [1.29, 1.82) is 0 Å². The molecule has 58 valence electrons. The fraction of sp³-hybridized carbons (Fsp3) is 0.111. The van der Waals surface area contributed by atoms with Crippen LogP contribution in [0.4, 0.5) is 0 Å². The van der Waals surface area contributed by atoms with Crippen molar-refractivity contribution in [2.45, 2.75) is 0 Å². The van der Waals surface area contributed by atoms with E-state index in [4.69, 9.17) is 4.74 Å². The van der Waals surface area contributed by atoms with Crippen LogP contribution in [0.1, 0.15) is 5.56 Å². The molecule has 0 aliphatic carbocycles. The quantitative estimate of drug-likeness (QED) is 0.738. The van der Waals surface area contributed by atoms with Crippen LogP contribution >= 0.6 is 0 Å². The Bertz CT molecular complexity index is 216. The molecule has 0 heterocycles. The number of ether oxygens (including phenoxy) is 1. The van der Waals surface area contributed by atoms with Crippen molar-refractivity contribution in [3.8, 4) is 5.75 Å². The Labute approximate surface area is 87.2 Å². The molecule has 0 aliphatic rings. The minimum absolute atomic E-state index is 0. The molecule has 0 aromatic heterocycles. The SMILES string of the molecule is C=Cc1ccc(OC)cc1.[PbH2]. The predicted molar refractivity (Wildman–Crippen MR) is 51.6 cm³/mol. The van der Waals surface area contributed by atoms with Crippen molar-refractivity contribution < 1.29 is 4.74 Å². The van der Waals surface area contributed by atoms with E-state index in [1.165, 1.54) is 0 Å². The van der Waals surface area contributed by atoms with Gasteiger partial charge in [-0.2, -0.15) is 0 Å². The first-order valence-electron chi connectivity index (χ1n) is 3.13. The molecule has 0 amide bonds. The minimum atomic E-state index is 0. The fourth-order valence-electron chi connectivity index (χ4n) is 0.740. The second-order valence-corrected chi connectivity index (χ2v) is 1.98. The number of hydrogen-bond acceptors (Lipinski definition) is 1. The van der Waals surface area contributed by atoms with Crippen molar-refractivity contribution >= 4 is 33.4 Å². The molecule has 0 atom stereocenters. The van der Waals surface area contributed by atoms with E-state index in [2.05, 4.69) is 6.58 Å². The molecule has 0 spiro atoms. The van der Waals surface area contributed by atoms with Crippen LogP contribution in [-0.2, 0) is 0 Å². The van der Waals surface area contributed by atoms with Gasteiger partial charge in [-0.3, -0.25) is 0 Å². The summed E-state index contributed by atoms with van der Waals surface area (Å²) in [6.45, 7) is 3.65. The molecule has 0 bridgehead atoms. The van der Waals surface area contributed by atoms with Crippen LogP contribution < -0.4 is 4.74 Å². The monoisotopic (exact) mass is 344 g/mol. The Morgan fingerprint density at radius 3 is 2.18 bits per heavy atom. The van der Waals surface area contributed by atoms with Crippen LogP contribution in [0.25, 0.3) is 6.08 Å². The van der Waals surface area contributed by atoms with Crippen molar-refractivity contribution in [2.24, 2.45) is 0 Å². The van der Waals surface area contributed by atoms with E-state index in [-0.39, 0.29) is 27.3 Å². The number of hydrogen-bond donors (Lipinski definition) is 0. The molecule has 0 saturated heterocycles. The molecule has 1 rings (SSSR count). The van der Waals surface area contributed by atoms with Gasteiger partial charge in [0.15, 0.2) is 0 Å². The molecule has 0 aliphatic heterocycles. The zero-order chi connectivity index (χ0) is 7.40. The standard InChI is InChI=1S/C9H10O.Pb.2H/c1-3-8-4-6-9(10-2)7-5-8;;;/h3-7H,1H2,2H3;;;. The molecule has 2 radical (unpaired) electrons. The Balaban J connectivity index is 0.000001000. The van der Waals surface area contributed by atoms with Gasteiger partial charge in [-0.1, -0.05) is 24.8 Å². The Morgan fingerprint density at radius 2 is 1.82 bits per heavy atom. The van der Waals surface area contributed by atoms with E-state index in [1.807, 2.05) is 24.3 Å². The maximum atomic E-state index is 4.98. The van der Waals surface area contributed by atoms with E-state index < -0.39 is 0 Å². The van der Waals surface area contributed by atoms with E-state index >= 15 is 0 Å². The molecule has 1 aromatic rings. The van der Waals surface area contributed by atoms with Crippen LogP contribution in [0.3, 0.4) is 0 Å². The third-order valence-electron chi connectivity index (χ3n) is 1.35. The second kappa shape index (κ2) is 5.35. The summed E-state index contributed by atoms with van der Waals surface area (Å²) in [6.07, 6.45) is 1.80. The summed E-state index contributed by atoms with van der Waals surface area (Å²) in [5.41, 5.74) is 1.11. The molecule has 0 unspecified atom stereocenters. The van der Waals surface area contributed by atoms with Gasteiger partial charge in [0.1, 0.15) is 5.75 Å². The van der Waals surface area contributed by atoms with E-state index in [9.17, 15) is 0 Å². The van der Waals surface area contributed by atoms with Gasteiger partial charge in [-0.15, -0.1) is 0 Å². The van der Waals surface area contributed by atoms with Crippen LogP contribution in [0.5, 0.6) is 5.75 Å². The number of methoxy groups -OCH3 is 1. The zero-order valence-corrected chi connectivity index (χ0v) is 12.2. The van der Waals surface area contributed by atoms with Crippen LogP contribution in [0.2, 0.25) is 0 Å². The first-order chi connectivity index (χ1) is 4.86. The van der Waals surface area contributed by atoms with Gasteiger partial charge in [0.05, 0.1) is 7.11 Å². The average Bonchev–Trinajstić information content (AvgIpc) is 2.05. The molecular weight excluding hydrogens is 331 g/mol.